The van der Waals surface area contributed by atoms with E-state index in [1.165, 1.54) is 6.42 Å². The van der Waals surface area contributed by atoms with Gasteiger partial charge in [-0.3, -0.25) is 4.90 Å². The molecule has 0 spiro atoms. The number of hydrogen-bond donors (Lipinski definition) is 1. The van der Waals surface area contributed by atoms with E-state index in [2.05, 4.69) is 24.1 Å². The minimum Gasteiger partial charge on any atom is -0.380 e. The third-order valence-corrected chi connectivity index (χ3v) is 3.16. The van der Waals surface area contributed by atoms with Crippen LogP contribution in [0, 0.1) is 5.92 Å². The van der Waals surface area contributed by atoms with Crippen LogP contribution < -0.4 is 5.32 Å². The topological polar surface area (TPSA) is 24.5 Å². The van der Waals surface area contributed by atoms with E-state index in [9.17, 15) is 0 Å². The predicted octanol–water partition coefficient (Wildman–Crippen LogP) is 0.663. The zero-order valence-electron chi connectivity index (χ0n) is 8.62. The number of fused-ring (bicyclic) bond motifs is 1. The molecule has 2 aliphatic rings. The van der Waals surface area contributed by atoms with Gasteiger partial charge in [-0.25, -0.2) is 0 Å². The molecule has 2 unspecified atom stereocenters. The highest BCUT2D eigenvalue weighted by atomic mass is 16.5. The Bertz CT molecular complexity index is 172. The minimum atomic E-state index is 0.572. The number of nitrogens with one attached hydrogen (secondary N) is 1. The van der Waals surface area contributed by atoms with E-state index in [1.54, 1.807) is 0 Å². The summed E-state index contributed by atoms with van der Waals surface area (Å²) in [6.07, 6.45) is 1.84. The number of hydrogen-bond acceptors (Lipinski definition) is 3. The summed E-state index contributed by atoms with van der Waals surface area (Å²) in [6, 6.07) is 0.625. The monoisotopic (exact) mass is 184 g/mol. The molecule has 3 heteroatoms. The zero-order valence-corrected chi connectivity index (χ0v) is 8.62. The molecular formula is C10H20N2O. The Hall–Kier alpha value is -0.120. The van der Waals surface area contributed by atoms with E-state index in [1.807, 2.05) is 0 Å². The third-order valence-electron chi connectivity index (χ3n) is 3.16. The molecule has 0 saturated carbocycles. The van der Waals surface area contributed by atoms with E-state index in [0.717, 1.165) is 26.3 Å². The van der Waals surface area contributed by atoms with E-state index in [0.29, 0.717) is 18.1 Å². The molecule has 2 fully saturated rings. The van der Waals surface area contributed by atoms with Crippen molar-refractivity contribution < 1.29 is 4.74 Å². The molecule has 0 aliphatic carbocycles. The molecule has 0 amide bonds. The Morgan fingerprint density at radius 1 is 1.46 bits per heavy atom. The highest BCUT2D eigenvalue weighted by Gasteiger charge is 2.34. The Balaban J connectivity index is 2.06. The van der Waals surface area contributed by atoms with Gasteiger partial charge in [0.2, 0.25) is 0 Å². The molecule has 2 atom stereocenters. The average molecular weight is 184 g/mol. The Morgan fingerprint density at radius 3 is 3.08 bits per heavy atom. The highest BCUT2D eigenvalue weighted by molar-refractivity contribution is 4.87. The van der Waals surface area contributed by atoms with Crippen LogP contribution in [0.1, 0.15) is 20.3 Å². The normalized spacial score (nSPS) is 36.2. The molecule has 0 aromatic rings. The van der Waals surface area contributed by atoms with Crippen molar-refractivity contribution in [3.63, 3.8) is 0 Å². The summed E-state index contributed by atoms with van der Waals surface area (Å²) in [6.45, 7) is 8.60. The lowest BCUT2D eigenvalue weighted by molar-refractivity contribution is 0.120. The molecule has 76 valence electrons. The van der Waals surface area contributed by atoms with Crippen molar-refractivity contribution in [1.82, 2.24) is 10.2 Å². The van der Waals surface area contributed by atoms with E-state index >= 15 is 0 Å². The fourth-order valence-electron chi connectivity index (χ4n) is 2.43. The third kappa shape index (κ3) is 1.87. The number of rotatable bonds is 1. The maximum atomic E-state index is 5.61. The van der Waals surface area contributed by atoms with Gasteiger partial charge in [0.25, 0.3) is 0 Å². The van der Waals surface area contributed by atoms with Gasteiger partial charge >= 0.3 is 0 Å². The number of nitrogens with zero attached hydrogens (tertiary/aromatic N) is 1. The number of ether oxygens (including phenoxy) is 1. The summed E-state index contributed by atoms with van der Waals surface area (Å²) in [5, 5.41) is 3.58. The van der Waals surface area contributed by atoms with Gasteiger partial charge in [-0.05, 0) is 26.8 Å². The molecule has 2 saturated heterocycles. The van der Waals surface area contributed by atoms with Gasteiger partial charge in [-0.15, -0.1) is 0 Å². The van der Waals surface area contributed by atoms with Crippen molar-refractivity contribution in [2.45, 2.75) is 32.5 Å². The summed E-state index contributed by atoms with van der Waals surface area (Å²) in [5.74, 6) is 0.713. The van der Waals surface area contributed by atoms with Crippen molar-refractivity contribution in [2.24, 2.45) is 5.92 Å². The fourth-order valence-corrected chi connectivity index (χ4v) is 2.43. The van der Waals surface area contributed by atoms with Gasteiger partial charge < -0.3 is 10.1 Å². The SMILES string of the molecule is CC(C)N1CCOCC2CCNC21. The van der Waals surface area contributed by atoms with Gasteiger partial charge in [-0.2, -0.15) is 0 Å². The van der Waals surface area contributed by atoms with Crippen LogP contribution in [0.2, 0.25) is 0 Å². The van der Waals surface area contributed by atoms with Crippen LogP contribution in [0.3, 0.4) is 0 Å². The smallest absolute Gasteiger partial charge is 0.0651 e. The van der Waals surface area contributed by atoms with E-state index in [-0.39, 0.29) is 0 Å². The zero-order chi connectivity index (χ0) is 9.26. The summed E-state index contributed by atoms with van der Waals surface area (Å²) in [4.78, 5) is 2.53. The predicted molar refractivity (Wildman–Crippen MR) is 52.6 cm³/mol. The maximum absolute atomic E-state index is 5.61. The molecule has 0 aromatic heterocycles. The van der Waals surface area contributed by atoms with Gasteiger partial charge in [0.1, 0.15) is 0 Å². The van der Waals surface area contributed by atoms with Crippen molar-refractivity contribution in [3.8, 4) is 0 Å². The Labute approximate surface area is 80.4 Å². The first-order valence-corrected chi connectivity index (χ1v) is 5.36. The van der Waals surface area contributed by atoms with Crippen LogP contribution in [-0.2, 0) is 4.74 Å². The highest BCUT2D eigenvalue weighted by Crippen LogP contribution is 2.23. The summed E-state index contributed by atoms with van der Waals surface area (Å²) < 4.78 is 5.61. The van der Waals surface area contributed by atoms with Crippen LogP contribution in [0.4, 0.5) is 0 Å². The maximum Gasteiger partial charge on any atom is 0.0651 e. The van der Waals surface area contributed by atoms with Crippen molar-refractivity contribution in [1.29, 1.82) is 0 Å². The lowest BCUT2D eigenvalue weighted by Crippen LogP contribution is -2.49. The molecule has 2 heterocycles. The molecule has 1 N–H and O–H groups in total. The first-order chi connectivity index (χ1) is 6.29. The second kappa shape index (κ2) is 3.95. The lowest BCUT2D eigenvalue weighted by Gasteiger charge is -2.33. The molecule has 2 aliphatic heterocycles. The van der Waals surface area contributed by atoms with Crippen LogP contribution in [0.25, 0.3) is 0 Å². The molecular weight excluding hydrogens is 164 g/mol. The van der Waals surface area contributed by atoms with Crippen LogP contribution in [0.5, 0.6) is 0 Å². The van der Waals surface area contributed by atoms with Gasteiger partial charge in [0.05, 0.1) is 19.4 Å². The van der Waals surface area contributed by atoms with Gasteiger partial charge in [-0.1, -0.05) is 0 Å². The quantitative estimate of drug-likeness (QED) is 0.648. The van der Waals surface area contributed by atoms with Gasteiger partial charge in [0.15, 0.2) is 0 Å². The van der Waals surface area contributed by atoms with Crippen molar-refractivity contribution >= 4 is 0 Å². The van der Waals surface area contributed by atoms with Crippen molar-refractivity contribution in [3.05, 3.63) is 0 Å². The molecule has 0 bridgehead atoms. The molecule has 0 radical (unpaired) electrons. The lowest BCUT2D eigenvalue weighted by atomic mass is 10.1. The van der Waals surface area contributed by atoms with Gasteiger partial charge in [0, 0.05) is 18.5 Å². The van der Waals surface area contributed by atoms with Crippen LogP contribution >= 0.6 is 0 Å². The summed E-state index contributed by atoms with van der Waals surface area (Å²) in [5.41, 5.74) is 0. The average Bonchev–Trinajstić information content (AvgIpc) is 2.44. The van der Waals surface area contributed by atoms with E-state index in [4.69, 9.17) is 4.74 Å². The molecule has 13 heavy (non-hydrogen) atoms. The molecule has 3 nitrogen and oxygen atoms in total. The molecule has 2 rings (SSSR count). The summed E-state index contributed by atoms with van der Waals surface area (Å²) >= 11 is 0. The Kier molecular flexibility index (Phi) is 2.86. The van der Waals surface area contributed by atoms with E-state index < -0.39 is 0 Å². The second-order valence-electron chi connectivity index (χ2n) is 4.35. The standard InChI is InChI=1S/C10H20N2O/c1-8(2)12-5-6-13-7-9-3-4-11-10(9)12/h8-11H,3-7H2,1-2H3. The second-order valence-corrected chi connectivity index (χ2v) is 4.35. The summed E-state index contributed by atoms with van der Waals surface area (Å²) in [7, 11) is 0. The van der Waals surface area contributed by atoms with Crippen LogP contribution in [0.15, 0.2) is 0 Å². The minimum absolute atomic E-state index is 0.572. The first-order valence-electron chi connectivity index (χ1n) is 5.36. The fraction of sp³-hybridized carbons (Fsp3) is 1.00. The largest absolute Gasteiger partial charge is 0.380 e. The van der Waals surface area contributed by atoms with Crippen LogP contribution in [-0.4, -0.2) is 43.4 Å². The molecule has 0 aromatic carbocycles. The first kappa shape index (κ1) is 9.44. The Morgan fingerprint density at radius 2 is 2.31 bits per heavy atom. The van der Waals surface area contributed by atoms with Crippen molar-refractivity contribution in [2.75, 3.05) is 26.3 Å².